The molecule has 0 saturated carbocycles. The van der Waals surface area contributed by atoms with Gasteiger partial charge in [-0.3, -0.25) is 4.98 Å². The van der Waals surface area contributed by atoms with Crippen LogP contribution in [0.1, 0.15) is 22.3 Å². The van der Waals surface area contributed by atoms with Gasteiger partial charge < -0.3 is 14.4 Å². The quantitative estimate of drug-likeness (QED) is 0.166. The summed E-state index contributed by atoms with van der Waals surface area (Å²) in [6.07, 6.45) is 7.53. The Morgan fingerprint density at radius 1 is 0.558 bits per heavy atom. The summed E-state index contributed by atoms with van der Waals surface area (Å²) in [5.41, 5.74) is 14.7. The Morgan fingerprint density at radius 2 is 1.38 bits per heavy atom. The number of rotatable bonds is 4. The van der Waals surface area contributed by atoms with E-state index in [-0.39, 0.29) is 20.1 Å². The number of hydrogen-bond acceptors (Lipinski definition) is 4. The van der Waals surface area contributed by atoms with Crippen LogP contribution < -0.4 is 0 Å². The van der Waals surface area contributed by atoms with E-state index < -0.39 is 0 Å². The van der Waals surface area contributed by atoms with Crippen LogP contribution >= 0.6 is 0 Å². The van der Waals surface area contributed by atoms with Gasteiger partial charge in [0.05, 0.1) is 5.58 Å². The molecule has 0 fully saturated rings. The van der Waals surface area contributed by atoms with Gasteiger partial charge in [-0.05, 0) is 65.0 Å². The number of fused-ring (bicyclic) bond motifs is 4. The van der Waals surface area contributed by atoms with Crippen LogP contribution in [0.15, 0.2) is 144 Å². The summed E-state index contributed by atoms with van der Waals surface area (Å²) >= 11 is 0. The molecule has 0 spiro atoms. The first kappa shape index (κ1) is 34.7. The van der Waals surface area contributed by atoms with E-state index in [1.807, 2.05) is 55.1 Å². The van der Waals surface area contributed by atoms with Gasteiger partial charge in [-0.1, -0.05) is 109 Å². The van der Waals surface area contributed by atoms with E-state index in [1.165, 1.54) is 16.7 Å². The minimum Gasteiger partial charge on any atom is -0.500 e. The first-order valence-electron chi connectivity index (χ1n) is 17.1. The molecule has 255 valence electrons. The second-order valence-electron chi connectivity index (χ2n) is 13.0. The third kappa shape index (κ3) is 6.69. The van der Waals surface area contributed by atoms with Gasteiger partial charge in [-0.25, -0.2) is 0 Å². The zero-order valence-corrected chi connectivity index (χ0v) is 31.8. The van der Waals surface area contributed by atoms with Crippen LogP contribution in [0.5, 0.6) is 0 Å². The minimum absolute atomic E-state index is 0. The molecular weight excluding hydrogens is 815 g/mol. The predicted octanol–water partition coefficient (Wildman–Crippen LogP) is 12.1. The molecule has 0 bridgehead atoms. The molecule has 0 unspecified atom stereocenters. The van der Waals surface area contributed by atoms with Crippen molar-refractivity contribution in [2.75, 3.05) is 0 Å². The molecule has 4 aromatic heterocycles. The summed E-state index contributed by atoms with van der Waals surface area (Å²) in [5.74, 6) is 0. The SMILES string of the molecule is Cc1c[c-]c(-c2cc(-c3ccccc3)ccn2)c2oc3c(-c4cccc5ccncc45)cccc3c12.Cc1c[c-]c(-c2cc(C)c(C)cn2)cc1.[Ir]. The Hall–Kier alpha value is -5.74. The maximum atomic E-state index is 6.71. The van der Waals surface area contributed by atoms with Crippen LogP contribution in [0.4, 0.5) is 0 Å². The Bertz CT molecular complexity index is 2680. The maximum absolute atomic E-state index is 6.71. The zero-order chi connectivity index (χ0) is 34.9. The summed E-state index contributed by atoms with van der Waals surface area (Å²) in [4.78, 5) is 13.5. The first-order valence-corrected chi connectivity index (χ1v) is 17.1. The van der Waals surface area contributed by atoms with Crippen molar-refractivity contribution in [3.63, 3.8) is 0 Å². The van der Waals surface area contributed by atoms with Crippen molar-refractivity contribution in [2.24, 2.45) is 0 Å². The van der Waals surface area contributed by atoms with Crippen LogP contribution in [0, 0.1) is 39.8 Å². The largest absolute Gasteiger partial charge is 0.500 e. The average molecular weight is 850 g/mol. The number of aromatic nitrogens is 3. The minimum atomic E-state index is 0. The maximum Gasteiger partial charge on any atom is 0.128 e. The molecular formula is C47H35IrN3O-2. The number of furan rings is 1. The fourth-order valence-corrected chi connectivity index (χ4v) is 6.57. The first-order chi connectivity index (χ1) is 24.9. The average Bonchev–Trinajstić information content (AvgIpc) is 3.58. The van der Waals surface area contributed by atoms with E-state index in [4.69, 9.17) is 9.40 Å². The Morgan fingerprint density at radius 3 is 2.19 bits per heavy atom. The molecule has 9 aromatic rings. The van der Waals surface area contributed by atoms with Crippen LogP contribution in [0.25, 0.3) is 77.5 Å². The molecule has 52 heavy (non-hydrogen) atoms. The number of pyridine rings is 3. The molecule has 9 rings (SSSR count). The normalized spacial score (nSPS) is 10.9. The number of aryl methyl sites for hydroxylation is 4. The monoisotopic (exact) mass is 850 g/mol. The van der Waals surface area contributed by atoms with E-state index in [0.717, 1.165) is 83.0 Å². The van der Waals surface area contributed by atoms with Gasteiger partial charge in [-0.2, -0.15) is 0 Å². The smallest absolute Gasteiger partial charge is 0.128 e. The van der Waals surface area contributed by atoms with E-state index in [0.29, 0.717) is 0 Å². The summed E-state index contributed by atoms with van der Waals surface area (Å²) < 4.78 is 6.71. The molecule has 0 aliphatic rings. The van der Waals surface area contributed by atoms with Gasteiger partial charge in [0.25, 0.3) is 0 Å². The van der Waals surface area contributed by atoms with E-state index in [9.17, 15) is 0 Å². The van der Waals surface area contributed by atoms with Crippen LogP contribution in [-0.4, -0.2) is 15.0 Å². The predicted molar refractivity (Wildman–Crippen MR) is 209 cm³/mol. The van der Waals surface area contributed by atoms with Gasteiger partial charge in [-0.15, -0.1) is 53.1 Å². The molecule has 0 saturated heterocycles. The second-order valence-corrected chi connectivity index (χ2v) is 13.0. The number of nitrogens with zero attached hydrogens (tertiary/aromatic N) is 3. The summed E-state index contributed by atoms with van der Waals surface area (Å²) in [6, 6.07) is 46.2. The van der Waals surface area contributed by atoms with Crippen molar-refractivity contribution in [1.29, 1.82) is 0 Å². The van der Waals surface area contributed by atoms with Crippen molar-refractivity contribution < 1.29 is 24.5 Å². The number of hydrogen-bond donors (Lipinski definition) is 0. The second kappa shape index (κ2) is 14.9. The fourth-order valence-electron chi connectivity index (χ4n) is 6.57. The van der Waals surface area contributed by atoms with Crippen LogP contribution in [0.2, 0.25) is 0 Å². The molecule has 1 radical (unpaired) electrons. The van der Waals surface area contributed by atoms with Crippen molar-refractivity contribution in [3.8, 4) is 44.8 Å². The molecule has 0 aliphatic carbocycles. The molecule has 5 heteroatoms. The van der Waals surface area contributed by atoms with Crippen molar-refractivity contribution in [3.05, 3.63) is 174 Å². The fraction of sp³-hybridized carbons (Fsp3) is 0.0851. The Kier molecular flexibility index (Phi) is 9.91. The van der Waals surface area contributed by atoms with Crippen molar-refractivity contribution in [1.82, 2.24) is 15.0 Å². The Balaban J connectivity index is 0.000000222. The van der Waals surface area contributed by atoms with Gasteiger partial charge in [0, 0.05) is 61.2 Å². The van der Waals surface area contributed by atoms with Gasteiger partial charge in [0.15, 0.2) is 0 Å². The summed E-state index contributed by atoms with van der Waals surface area (Å²) in [5, 5.41) is 4.46. The molecule has 0 aliphatic heterocycles. The zero-order valence-electron chi connectivity index (χ0n) is 29.4. The molecule has 4 heterocycles. The molecule has 5 aromatic carbocycles. The van der Waals surface area contributed by atoms with E-state index >= 15 is 0 Å². The van der Waals surface area contributed by atoms with E-state index in [1.54, 1.807) is 0 Å². The third-order valence-corrected chi connectivity index (χ3v) is 9.48. The summed E-state index contributed by atoms with van der Waals surface area (Å²) in [6.45, 7) is 8.35. The number of benzene rings is 5. The Labute approximate surface area is 317 Å². The van der Waals surface area contributed by atoms with Gasteiger partial charge in [0.1, 0.15) is 5.58 Å². The van der Waals surface area contributed by atoms with Gasteiger partial charge in [0.2, 0.25) is 0 Å². The van der Waals surface area contributed by atoms with Crippen molar-refractivity contribution in [2.45, 2.75) is 27.7 Å². The van der Waals surface area contributed by atoms with Crippen LogP contribution in [-0.2, 0) is 20.1 Å². The van der Waals surface area contributed by atoms with E-state index in [2.05, 4.69) is 135 Å². The van der Waals surface area contributed by atoms with Gasteiger partial charge >= 0.3 is 0 Å². The molecule has 0 N–H and O–H groups in total. The standard InChI is InChI=1S/C33H21N2O.C14H14N.Ir/c1-21-13-14-27(30-19-24(16-18-35-30)22-7-3-2-4-8-22)33-31(21)28-12-6-11-26(32(28)36-33)25-10-5-9-23-15-17-34-20-29(23)25;1-10-4-6-13(7-5-10)14-8-11(2)12(3)9-15-14;/h2-13,15-20H,1H3;4-6,8-9H,1-3H3;/q2*-1;. The topological polar surface area (TPSA) is 51.8 Å². The number of para-hydroxylation sites is 1. The molecule has 4 nitrogen and oxygen atoms in total. The summed E-state index contributed by atoms with van der Waals surface area (Å²) in [7, 11) is 0. The third-order valence-electron chi connectivity index (χ3n) is 9.48. The molecule has 0 atom stereocenters. The molecule has 0 amide bonds. The van der Waals surface area contributed by atoms with Crippen molar-refractivity contribution >= 4 is 32.7 Å². The van der Waals surface area contributed by atoms with Crippen LogP contribution in [0.3, 0.4) is 0 Å².